The van der Waals surface area contributed by atoms with Gasteiger partial charge in [-0.25, -0.2) is 9.89 Å². The van der Waals surface area contributed by atoms with Crippen molar-refractivity contribution >= 4 is 29.2 Å². The van der Waals surface area contributed by atoms with Gasteiger partial charge in [0.25, 0.3) is 5.56 Å². The van der Waals surface area contributed by atoms with Gasteiger partial charge >= 0.3 is 6.09 Å². The highest BCUT2D eigenvalue weighted by Gasteiger charge is 2.28. The number of amides is 1. The van der Waals surface area contributed by atoms with Crippen LogP contribution >= 0.6 is 11.6 Å². The van der Waals surface area contributed by atoms with Gasteiger partial charge < -0.3 is 14.2 Å². The number of carbonyl (C=O) groups excluding carboxylic acids is 1. The van der Waals surface area contributed by atoms with E-state index < -0.39 is 11.7 Å². The van der Waals surface area contributed by atoms with E-state index in [1.54, 1.807) is 13.0 Å². The van der Waals surface area contributed by atoms with Crippen LogP contribution in [0.3, 0.4) is 0 Å². The summed E-state index contributed by atoms with van der Waals surface area (Å²) in [4.78, 5) is 25.1. The maximum atomic E-state index is 11.8. The Morgan fingerprint density at radius 1 is 1.61 bits per heavy atom. The third kappa shape index (κ3) is 3.45. The summed E-state index contributed by atoms with van der Waals surface area (Å²) in [5.41, 5.74) is 0.0710. The first-order valence-corrected chi connectivity index (χ1v) is 7.30. The third-order valence-electron chi connectivity index (χ3n) is 3.39. The van der Waals surface area contributed by atoms with Gasteiger partial charge in [0, 0.05) is 19.0 Å². The lowest BCUT2D eigenvalue weighted by Crippen LogP contribution is -2.28. The summed E-state index contributed by atoms with van der Waals surface area (Å²) in [6.45, 7) is 2.75. The summed E-state index contributed by atoms with van der Waals surface area (Å²) >= 11 is 5.97. The van der Waals surface area contributed by atoms with E-state index in [0.29, 0.717) is 36.8 Å². The number of aromatic nitrogens is 3. The molecular weight excluding hydrogens is 326 g/mol. The van der Waals surface area contributed by atoms with Gasteiger partial charge in [-0.3, -0.25) is 10.1 Å². The molecule has 0 aromatic carbocycles. The summed E-state index contributed by atoms with van der Waals surface area (Å²) in [6, 6.07) is 1.59. The van der Waals surface area contributed by atoms with E-state index >= 15 is 0 Å². The molecule has 2 aromatic rings. The fourth-order valence-electron chi connectivity index (χ4n) is 2.35. The molecular formula is C13H14ClN5O4. The zero-order valence-corrected chi connectivity index (χ0v) is 13.0. The molecule has 23 heavy (non-hydrogen) atoms. The molecule has 0 spiro atoms. The molecule has 2 N–H and O–H groups in total. The van der Waals surface area contributed by atoms with Gasteiger partial charge in [0.2, 0.25) is 0 Å². The monoisotopic (exact) mass is 339 g/mol. The molecule has 0 bridgehead atoms. The molecule has 1 aliphatic heterocycles. The van der Waals surface area contributed by atoms with Crippen LogP contribution in [0, 0.1) is 6.92 Å². The van der Waals surface area contributed by atoms with Crippen molar-refractivity contribution in [2.75, 3.05) is 23.3 Å². The molecule has 0 saturated carbocycles. The number of aromatic amines is 1. The molecule has 0 unspecified atom stereocenters. The van der Waals surface area contributed by atoms with Crippen molar-refractivity contribution in [3.05, 3.63) is 33.4 Å². The molecule has 0 aliphatic carbocycles. The smallest absolute Gasteiger partial charge is 0.413 e. The van der Waals surface area contributed by atoms with Crippen molar-refractivity contribution in [2.45, 2.75) is 19.4 Å². The summed E-state index contributed by atoms with van der Waals surface area (Å²) in [5.74, 6) is 0.882. The summed E-state index contributed by atoms with van der Waals surface area (Å²) in [7, 11) is 0. The molecule has 3 heterocycles. The molecule has 1 fully saturated rings. The molecule has 1 saturated heterocycles. The van der Waals surface area contributed by atoms with Crippen LogP contribution in [-0.4, -0.2) is 40.6 Å². The van der Waals surface area contributed by atoms with Crippen LogP contribution in [0.15, 0.2) is 21.6 Å². The molecule has 9 nitrogen and oxygen atoms in total. The molecule has 1 atom stereocenters. The van der Waals surface area contributed by atoms with Crippen LogP contribution in [0.4, 0.5) is 16.3 Å². The van der Waals surface area contributed by atoms with Gasteiger partial charge in [0.1, 0.15) is 16.9 Å². The number of nitrogens with one attached hydrogen (secondary N) is 2. The Morgan fingerprint density at radius 2 is 2.43 bits per heavy atom. The highest BCUT2D eigenvalue weighted by Crippen LogP contribution is 2.25. The minimum Gasteiger partial charge on any atom is -0.444 e. The Morgan fingerprint density at radius 3 is 3.17 bits per heavy atom. The number of halogens is 1. The van der Waals surface area contributed by atoms with Crippen LogP contribution < -0.4 is 15.8 Å². The predicted octanol–water partition coefficient (Wildman–Crippen LogP) is 1.55. The third-order valence-corrected chi connectivity index (χ3v) is 3.76. The molecule has 1 aliphatic rings. The maximum Gasteiger partial charge on any atom is 0.413 e. The summed E-state index contributed by atoms with van der Waals surface area (Å²) < 4.78 is 10.2. The lowest BCUT2D eigenvalue weighted by atomic mass is 10.3. The second-order valence-electron chi connectivity index (χ2n) is 5.11. The van der Waals surface area contributed by atoms with Crippen LogP contribution in [0.1, 0.15) is 12.2 Å². The van der Waals surface area contributed by atoms with E-state index in [0.717, 1.165) is 0 Å². The van der Waals surface area contributed by atoms with Crippen molar-refractivity contribution in [3.63, 3.8) is 0 Å². The second-order valence-corrected chi connectivity index (χ2v) is 5.49. The zero-order valence-electron chi connectivity index (χ0n) is 12.2. The molecule has 10 heteroatoms. The number of H-pyrrole nitrogens is 1. The average molecular weight is 340 g/mol. The Balaban J connectivity index is 1.58. The van der Waals surface area contributed by atoms with E-state index in [9.17, 15) is 9.59 Å². The average Bonchev–Trinajstić information content (AvgIpc) is 3.11. The largest absolute Gasteiger partial charge is 0.444 e. The highest BCUT2D eigenvalue weighted by molar-refractivity contribution is 6.33. The second kappa shape index (κ2) is 6.29. The summed E-state index contributed by atoms with van der Waals surface area (Å²) in [5, 5.41) is 12.2. The standard InChI is InChI=1S/C13H14ClN5O4/c1-7-4-10(18-23-7)16-13(21)22-8-2-3-19(6-8)9-5-15-17-12(20)11(9)14/h4-5,8H,2-3,6H2,1H3,(H,17,20)(H,16,18,21)/t8-/m1/s1. The van der Waals surface area contributed by atoms with Crippen molar-refractivity contribution in [3.8, 4) is 0 Å². The van der Waals surface area contributed by atoms with E-state index in [2.05, 4.69) is 20.7 Å². The fraction of sp³-hybridized carbons (Fsp3) is 0.385. The number of carbonyl (C=O) groups is 1. The Kier molecular flexibility index (Phi) is 4.20. The number of anilines is 2. The molecule has 2 aromatic heterocycles. The number of hydrogen-bond donors (Lipinski definition) is 2. The first kappa shape index (κ1) is 15.3. The molecule has 0 radical (unpaired) electrons. The van der Waals surface area contributed by atoms with E-state index in [4.69, 9.17) is 20.9 Å². The number of hydrogen-bond acceptors (Lipinski definition) is 7. The quantitative estimate of drug-likeness (QED) is 0.872. The van der Waals surface area contributed by atoms with Gasteiger partial charge in [-0.05, 0) is 6.92 Å². The number of ether oxygens (including phenoxy) is 1. The lowest BCUT2D eigenvalue weighted by Gasteiger charge is -2.18. The first-order valence-electron chi connectivity index (χ1n) is 6.92. The molecule has 1 amide bonds. The van der Waals surface area contributed by atoms with Crippen molar-refractivity contribution in [1.29, 1.82) is 0 Å². The van der Waals surface area contributed by atoms with E-state index in [1.165, 1.54) is 6.20 Å². The Labute approximate surface area is 135 Å². The maximum absolute atomic E-state index is 11.8. The van der Waals surface area contributed by atoms with Crippen LogP contribution in [-0.2, 0) is 4.74 Å². The van der Waals surface area contributed by atoms with Crippen LogP contribution in [0.5, 0.6) is 0 Å². The highest BCUT2D eigenvalue weighted by atomic mass is 35.5. The Hall–Kier alpha value is -2.55. The first-order chi connectivity index (χ1) is 11.0. The van der Waals surface area contributed by atoms with Crippen LogP contribution in [0.2, 0.25) is 5.02 Å². The number of rotatable bonds is 3. The zero-order chi connectivity index (χ0) is 16.4. The number of nitrogens with zero attached hydrogens (tertiary/aromatic N) is 3. The topological polar surface area (TPSA) is 113 Å². The SMILES string of the molecule is Cc1cc(NC(=O)O[C@@H]2CCN(c3cn[nH]c(=O)c3Cl)C2)no1. The minimum absolute atomic E-state index is 0.0724. The van der Waals surface area contributed by atoms with Gasteiger partial charge in [-0.15, -0.1) is 0 Å². The normalized spacial score (nSPS) is 17.3. The fourth-order valence-corrected chi connectivity index (χ4v) is 2.56. The summed E-state index contributed by atoms with van der Waals surface area (Å²) in [6.07, 6.45) is 1.16. The molecule has 122 valence electrons. The van der Waals surface area contributed by atoms with Gasteiger partial charge in [0.05, 0.1) is 18.4 Å². The minimum atomic E-state index is -0.611. The van der Waals surface area contributed by atoms with Crippen LogP contribution in [0.25, 0.3) is 0 Å². The predicted molar refractivity (Wildman–Crippen MR) is 81.8 cm³/mol. The van der Waals surface area contributed by atoms with Gasteiger partial charge in [-0.2, -0.15) is 5.10 Å². The number of aryl methyl sites for hydroxylation is 1. The molecule has 3 rings (SSSR count). The van der Waals surface area contributed by atoms with Gasteiger partial charge in [-0.1, -0.05) is 16.8 Å². The van der Waals surface area contributed by atoms with E-state index in [-0.39, 0.29) is 11.1 Å². The van der Waals surface area contributed by atoms with E-state index in [1.807, 2.05) is 4.90 Å². The van der Waals surface area contributed by atoms with Crippen molar-refractivity contribution in [1.82, 2.24) is 15.4 Å². The van der Waals surface area contributed by atoms with Crippen molar-refractivity contribution < 1.29 is 14.1 Å². The Bertz CT molecular complexity index is 774. The van der Waals surface area contributed by atoms with Crippen molar-refractivity contribution in [2.24, 2.45) is 0 Å². The van der Waals surface area contributed by atoms with Gasteiger partial charge in [0.15, 0.2) is 5.82 Å². The lowest BCUT2D eigenvalue weighted by molar-refractivity contribution is 0.122.